The molecule has 0 fully saturated rings. The zero-order valence-electron chi connectivity index (χ0n) is 11.2. The topological polar surface area (TPSA) is 70.1 Å². The average Bonchev–Trinajstić information content (AvgIpc) is 2.89. The molecular formula is C12H15F3N4OS. The van der Waals surface area contributed by atoms with Crippen molar-refractivity contribution in [3.05, 3.63) is 11.4 Å². The Morgan fingerprint density at radius 2 is 2.10 bits per heavy atom. The third-order valence-corrected chi connectivity index (χ3v) is 3.51. The van der Waals surface area contributed by atoms with Crippen LogP contribution in [0.15, 0.2) is 11.4 Å². The van der Waals surface area contributed by atoms with Gasteiger partial charge in [-0.15, -0.1) is 11.3 Å². The first-order valence-corrected chi connectivity index (χ1v) is 7.27. The molecule has 1 atom stereocenters. The number of rotatable bonds is 6. The van der Waals surface area contributed by atoms with E-state index < -0.39 is 18.8 Å². The number of aliphatic hydroxyl groups excluding tert-OH is 1. The van der Waals surface area contributed by atoms with Gasteiger partial charge in [-0.25, -0.2) is 4.98 Å². The van der Waals surface area contributed by atoms with Crippen molar-refractivity contribution in [2.75, 3.05) is 23.7 Å². The molecule has 0 aliphatic rings. The lowest BCUT2D eigenvalue weighted by Gasteiger charge is -2.16. The summed E-state index contributed by atoms with van der Waals surface area (Å²) in [5, 5.41) is 17.0. The van der Waals surface area contributed by atoms with Crippen LogP contribution in [0.2, 0.25) is 0 Å². The zero-order valence-corrected chi connectivity index (χ0v) is 12.1. The molecule has 3 N–H and O–H groups in total. The number of anilines is 2. The van der Waals surface area contributed by atoms with Crippen LogP contribution in [0, 0.1) is 0 Å². The van der Waals surface area contributed by atoms with Crippen molar-refractivity contribution in [2.45, 2.75) is 25.6 Å². The number of nitrogens with one attached hydrogen (secondary N) is 2. The number of alkyl halides is 3. The number of halogens is 3. The molecule has 5 nitrogen and oxygen atoms in total. The Hall–Kier alpha value is -1.61. The lowest BCUT2D eigenvalue weighted by molar-refractivity contribution is -0.198. The molecule has 0 aliphatic heterocycles. The van der Waals surface area contributed by atoms with Gasteiger partial charge in [-0.2, -0.15) is 18.2 Å². The maximum absolute atomic E-state index is 12.3. The predicted octanol–water partition coefficient (Wildman–Crippen LogP) is 2.85. The number of aliphatic hydroxyl groups is 1. The van der Waals surface area contributed by atoms with Gasteiger partial charge in [0.1, 0.15) is 10.6 Å². The van der Waals surface area contributed by atoms with Crippen molar-refractivity contribution in [1.82, 2.24) is 9.97 Å². The van der Waals surface area contributed by atoms with Crippen LogP contribution >= 0.6 is 11.3 Å². The Balaban J connectivity index is 2.19. The minimum Gasteiger partial charge on any atom is -0.382 e. The minimum atomic E-state index is -4.66. The second-order valence-corrected chi connectivity index (χ2v) is 5.29. The van der Waals surface area contributed by atoms with Crippen LogP contribution < -0.4 is 10.6 Å². The van der Waals surface area contributed by atoms with Gasteiger partial charge in [-0.1, -0.05) is 6.92 Å². The van der Waals surface area contributed by atoms with E-state index in [9.17, 15) is 13.2 Å². The number of fused-ring (bicyclic) bond motifs is 1. The van der Waals surface area contributed by atoms with Crippen molar-refractivity contribution in [3.8, 4) is 0 Å². The highest BCUT2D eigenvalue weighted by atomic mass is 32.1. The molecule has 2 aromatic heterocycles. The maximum atomic E-state index is 12.3. The number of aromatic nitrogens is 2. The maximum Gasteiger partial charge on any atom is 0.416 e. The molecular weight excluding hydrogens is 305 g/mol. The van der Waals surface area contributed by atoms with Crippen LogP contribution in [0.4, 0.5) is 24.9 Å². The van der Waals surface area contributed by atoms with Crippen LogP contribution in [0.5, 0.6) is 0 Å². The Bertz CT molecular complexity index is 602. The Kier molecular flexibility index (Phi) is 4.84. The molecule has 0 radical (unpaired) electrons. The van der Waals surface area contributed by atoms with Crippen LogP contribution in [0.3, 0.4) is 0 Å². The van der Waals surface area contributed by atoms with Crippen molar-refractivity contribution < 1.29 is 18.3 Å². The lowest BCUT2D eigenvalue weighted by Crippen LogP contribution is -2.35. The van der Waals surface area contributed by atoms with E-state index in [0.29, 0.717) is 22.7 Å². The summed E-state index contributed by atoms with van der Waals surface area (Å²) in [6.07, 6.45) is -6.22. The Morgan fingerprint density at radius 1 is 1.33 bits per heavy atom. The lowest BCUT2D eigenvalue weighted by atomic mass is 10.3. The molecule has 0 bridgehead atoms. The second-order valence-electron chi connectivity index (χ2n) is 4.40. The predicted molar refractivity (Wildman–Crippen MR) is 76.7 cm³/mol. The van der Waals surface area contributed by atoms with Crippen LogP contribution in [-0.2, 0) is 0 Å². The molecule has 1 unspecified atom stereocenters. The highest BCUT2D eigenvalue weighted by Crippen LogP contribution is 2.27. The van der Waals surface area contributed by atoms with Crippen molar-refractivity contribution in [1.29, 1.82) is 0 Å². The Morgan fingerprint density at radius 3 is 2.76 bits per heavy atom. The average molecular weight is 320 g/mol. The molecule has 2 heterocycles. The SMILES string of the molecule is CCCNc1nc(NCC(O)C(F)(F)F)c2ccsc2n1. The minimum absolute atomic E-state index is 0.281. The molecule has 0 aromatic carbocycles. The van der Waals surface area contributed by atoms with E-state index in [0.717, 1.165) is 6.42 Å². The molecule has 116 valence electrons. The smallest absolute Gasteiger partial charge is 0.382 e. The van der Waals surface area contributed by atoms with Gasteiger partial charge in [0.25, 0.3) is 0 Å². The second kappa shape index (κ2) is 6.44. The van der Waals surface area contributed by atoms with Crippen molar-refractivity contribution in [2.24, 2.45) is 0 Å². The van der Waals surface area contributed by atoms with Gasteiger partial charge in [0.2, 0.25) is 5.95 Å². The molecule has 0 spiro atoms. The summed E-state index contributed by atoms with van der Waals surface area (Å²) in [5.41, 5.74) is 0. The molecule has 2 rings (SSSR count). The molecule has 0 saturated heterocycles. The first-order chi connectivity index (χ1) is 9.91. The third-order valence-electron chi connectivity index (χ3n) is 2.70. The molecule has 9 heteroatoms. The van der Waals surface area contributed by atoms with Gasteiger partial charge in [-0.05, 0) is 17.9 Å². The fourth-order valence-corrected chi connectivity index (χ4v) is 2.38. The van der Waals surface area contributed by atoms with E-state index in [2.05, 4.69) is 20.6 Å². The molecule has 0 amide bonds. The summed E-state index contributed by atoms with van der Waals surface area (Å²) in [7, 11) is 0. The summed E-state index contributed by atoms with van der Waals surface area (Å²) in [6.45, 7) is 2.00. The van der Waals surface area contributed by atoms with Gasteiger partial charge in [0.05, 0.1) is 11.9 Å². The van der Waals surface area contributed by atoms with E-state index in [1.165, 1.54) is 11.3 Å². The van der Waals surface area contributed by atoms with Crippen LogP contribution in [-0.4, -0.2) is 40.4 Å². The molecule has 0 aliphatic carbocycles. The fourth-order valence-electron chi connectivity index (χ4n) is 1.62. The van der Waals surface area contributed by atoms with Gasteiger partial charge in [0.15, 0.2) is 6.10 Å². The largest absolute Gasteiger partial charge is 0.416 e. The Labute approximate surface area is 123 Å². The normalized spacial score (nSPS) is 13.4. The highest BCUT2D eigenvalue weighted by Gasteiger charge is 2.38. The number of nitrogens with zero attached hydrogens (tertiary/aromatic N) is 2. The van der Waals surface area contributed by atoms with E-state index in [4.69, 9.17) is 5.11 Å². The van der Waals surface area contributed by atoms with Crippen LogP contribution in [0.1, 0.15) is 13.3 Å². The first kappa shape index (κ1) is 15.8. The van der Waals surface area contributed by atoms with E-state index in [1.54, 1.807) is 11.4 Å². The summed E-state index contributed by atoms with van der Waals surface area (Å²) in [5.74, 6) is 0.638. The van der Waals surface area contributed by atoms with E-state index >= 15 is 0 Å². The number of hydrogen-bond acceptors (Lipinski definition) is 6. The first-order valence-electron chi connectivity index (χ1n) is 6.39. The molecule has 0 saturated carbocycles. The van der Waals surface area contributed by atoms with Gasteiger partial charge in [-0.3, -0.25) is 0 Å². The fraction of sp³-hybridized carbons (Fsp3) is 0.500. The zero-order chi connectivity index (χ0) is 15.5. The molecule has 21 heavy (non-hydrogen) atoms. The van der Waals surface area contributed by atoms with Crippen molar-refractivity contribution in [3.63, 3.8) is 0 Å². The summed E-state index contributed by atoms with van der Waals surface area (Å²) >= 11 is 1.37. The standard InChI is InChI=1S/C12H15F3N4OS/c1-2-4-16-11-18-9(7-3-5-21-10(7)19-11)17-6-8(20)12(13,14)15/h3,5,8,20H,2,4,6H2,1H3,(H2,16,17,18,19). The summed E-state index contributed by atoms with van der Waals surface area (Å²) < 4.78 is 37.0. The number of hydrogen-bond donors (Lipinski definition) is 3. The van der Waals surface area contributed by atoms with Gasteiger partial charge >= 0.3 is 6.18 Å². The summed E-state index contributed by atoms with van der Waals surface area (Å²) in [6, 6.07) is 1.73. The van der Waals surface area contributed by atoms with Crippen LogP contribution in [0.25, 0.3) is 10.2 Å². The monoisotopic (exact) mass is 320 g/mol. The summed E-state index contributed by atoms with van der Waals surface area (Å²) in [4.78, 5) is 9.11. The van der Waals surface area contributed by atoms with E-state index in [-0.39, 0.29) is 5.82 Å². The van der Waals surface area contributed by atoms with Crippen molar-refractivity contribution >= 4 is 33.3 Å². The number of thiophene rings is 1. The van der Waals surface area contributed by atoms with Gasteiger partial charge < -0.3 is 15.7 Å². The molecule has 2 aromatic rings. The third kappa shape index (κ3) is 3.94. The quantitative estimate of drug-likeness (QED) is 0.763. The highest BCUT2D eigenvalue weighted by molar-refractivity contribution is 7.16. The van der Waals surface area contributed by atoms with Gasteiger partial charge in [0, 0.05) is 6.54 Å². The van der Waals surface area contributed by atoms with E-state index in [1.807, 2.05) is 6.92 Å².